The van der Waals surface area contributed by atoms with E-state index in [-0.39, 0.29) is 46.5 Å². The van der Waals surface area contributed by atoms with Crippen molar-refractivity contribution in [3.63, 3.8) is 0 Å². The molecule has 6 rings (SSSR count). The second-order valence-corrected chi connectivity index (χ2v) is 20.6. The Bertz CT molecular complexity index is 1960. The van der Waals surface area contributed by atoms with Crippen molar-refractivity contribution >= 4 is 56.6 Å². The van der Waals surface area contributed by atoms with Crippen LogP contribution >= 0.6 is 31.9 Å². The van der Waals surface area contributed by atoms with Crippen molar-refractivity contribution in [1.29, 1.82) is 0 Å². The monoisotopic (exact) mass is 936 g/mol. The molecule has 0 saturated heterocycles. The molecule has 0 fully saturated rings. The Morgan fingerprint density at radius 2 is 1.06 bits per heavy atom. The van der Waals surface area contributed by atoms with Gasteiger partial charge < -0.3 is 24.8 Å². The van der Waals surface area contributed by atoms with E-state index in [0.717, 1.165) is 15.4 Å². The molecule has 1 aliphatic rings. The summed E-state index contributed by atoms with van der Waals surface area (Å²) >= 11 is 8.34. The van der Waals surface area contributed by atoms with Crippen molar-refractivity contribution in [2.45, 2.75) is 111 Å². The van der Waals surface area contributed by atoms with E-state index in [4.69, 9.17) is 0 Å². The first kappa shape index (κ1) is 46.7. The van der Waals surface area contributed by atoms with Crippen molar-refractivity contribution in [3.05, 3.63) is 145 Å². The number of halogens is 4. The van der Waals surface area contributed by atoms with E-state index in [2.05, 4.69) is 206 Å². The zero-order valence-corrected chi connectivity index (χ0v) is 40.1. The van der Waals surface area contributed by atoms with Gasteiger partial charge in [0.2, 0.25) is 0 Å². The van der Waals surface area contributed by atoms with Crippen molar-refractivity contribution in [1.82, 2.24) is 0 Å². The average molecular weight is 941 g/mol. The van der Waals surface area contributed by atoms with Gasteiger partial charge >= 0.3 is 128 Å². The fraction of sp³-hybridized carbons (Fsp3) is 0.362. The molecule has 0 atom stereocenters. The summed E-state index contributed by atoms with van der Waals surface area (Å²) in [4.78, 5) is 0. The first-order valence-corrected chi connectivity index (χ1v) is 20.4. The van der Waals surface area contributed by atoms with Crippen molar-refractivity contribution in [2.24, 2.45) is 0 Å². The van der Waals surface area contributed by atoms with E-state index in [9.17, 15) is 0 Å². The molecule has 5 aromatic carbocycles. The number of hydrogen-bond donors (Lipinski definition) is 0. The van der Waals surface area contributed by atoms with Gasteiger partial charge in [0.15, 0.2) is 0 Å². The number of benzene rings is 4. The molecule has 52 heavy (non-hydrogen) atoms. The zero-order chi connectivity index (χ0) is 37.2. The van der Waals surface area contributed by atoms with Gasteiger partial charge in [-0.15, -0.1) is 46.2 Å². The van der Waals surface area contributed by atoms with Crippen LogP contribution in [-0.2, 0) is 45.9 Å². The predicted octanol–water partition coefficient (Wildman–Crippen LogP) is 8.54. The van der Waals surface area contributed by atoms with Crippen molar-refractivity contribution in [2.75, 3.05) is 0 Å². The zero-order valence-electron chi connectivity index (χ0n) is 33.0. The smallest absolute Gasteiger partial charge is 0.0142 e. The van der Waals surface area contributed by atoms with Crippen LogP contribution in [0.15, 0.2) is 106 Å². The minimum atomic E-state index is 0. The van der Waals surface area contributed by atoms with E-state index in [0.29, 0.717) is 0 Å². The first-order valence-electron chi connectivity index (χ1n) is 17.6. The van der Waals surface area contributed by atoms with Crippen LogP contribution in [0.25, 0.3) is 21.5 Å². The van der Waals surface area contributed by atoms with Gasteiger partial charge in [0.25, 0.3) is 0 Å². The second-order valence-electron chi connectivity index (χ2n) is 17.5. The van der Waals surface area contributed by atoms with Crippen LogP contribution in [0.1, 0.15) is 123 Å². The normalized spacial score (nSPS) is 12.8. The summed E-state index contributed by atoms with van der Waals surface area (Å²) in [6.07, 6.45) is 10.0. The van der Waals surface area contributed by atoms with Crippen LogP contribution in [-0.4, -0.2) is 3.21 Å². The van der Waals surface area contributed by atoms with Gasteiger partial charge in [-0.05, 0) is 21.7 Å². The molecule has 276 valence electrons. The van der Waals surface area contributed by atoms with Crippen LogP contribution in [0.5, 0.6) is 0 Å². The summed E-state index contributed by atoms with van der Waals surface area (Å²) in [5.41, 5.74) is 8.93. The predicted molar refractivity (Wildman–Crippen MR) is 225 cm³/mol. The van der Waals surface area contributed by atoms with E-state index in [1.807, 2.05) is 12.2 Å². The van der Waals surface area contributed by atoms with Crippen LogP contribution in [0, 0.1) is 6.08 Å². The molecule has 0 heterocycles. The van der Waals surface area contributed by atoms with E-state index in [1.54, 1.807) is 0 Å². The second kappa shape index (κ2) is 18.4. The summed E-state index contributed by atoms with van der Waals surface area (Å²) in [7, 11) is 0. The molecule has 0 N–H and O–H groups in total. The largest absolute Gasteiger partial charge is 1.00 e. The molecule has 0 radical (unpaired) electrons. The Balaban J connectivity index is 0.000000340. The van der Waals surface area contributed by atoms with Crippen LogP contribution in [0.4, 0.5) is 0 Å². The molecular weight excluding hydrogens is 886 g/mol. The minimum absolute atomic E-state index is 0. The molecule has 0 unspecified atom stereocenters. The summed E-state index contributed by atoms with van der Waals surface area (Å²) in [5.74, 6) is 0. The number of rotatable bonds is 2. The molecule has 1 aliphatic carbocycles. The summed E-state index contributed by atoms with van der Waals surface area (Å²) < 4.78 is 3.62. The molecule has 0 spiro atoms. The maximum absolute atomic E-state index is 3.45. The third-order valence-electron chi connectivity index (χ3n) is 9.08. The fourth-order valence-corrected chi connectivity index (χ4v) is 7.55. The molecule has 0 bridgehead atoms. The Kier molecular flexibility index (Phi) is 16.6. The van der Waals surface area contributed by atoms with E-state index < -0.39 is 0 Å². The van der Waals surface area contributed by atoms with Crippen molar-refractivity contribution < 1.29 is 49.0 Å². The van der Waals surface area contributed by atoms with Gasteiger partial charge in [-0.25, -0.2) is 12.2 Å². The molecule has 5 aromatic rings. The Labute approximate surface area is 359 Å². The Morgan fingerprint density at radius 1 is 0.596 bits per heavy atom. The number of allylic oxidation sites excluding steroid dienone is 4. The van der Waals surface area contributed by atoms with Crippen molar-refractivity contribution in [3.8, 4) is 0 Å². The standard InChI is InChI=1S/C29H41.C13H8Br2.C5H5.2ClH.Zr/c1-26(2,3)20-14-19-13-18-15-22(27(4,5)6)23(28(7,8)9)17-21(18)25(19)24(16-20)29(10,11)12;14-12-5-1-10(2-6-12)9-11-3-7-13(15)8-4-11;1-2-4-5-3-1;;;/h13-17H,1-12H3;1-8H;1-3H,4H2;2*1H;/q-1;;-1;;;+2/p-2. The van der Waals surface area contributed by atoms with Crippen LogP contribution < -0.4 is 24.8 Å². The SMILES string of the molecule is Brc1ccc([C](=[Zr+2])c2ccc(Br)cc2)cc1.CC(C)(C)c1cc(C(C)(C)C)c2c(c1)[cH-]c1cc(C(C)(C)C)c(C(C)(C)C)cc12.[C-]1=CC=CC1.[Cl-].[Cl-]. The Morgan fingerprint density at radius 3 is 1.42 bits per heavy atom. The first-order chi connectivity index (χ1) is 23.1. The van der Waals surface area contributed by atoms with Gasteiger partial charge in [0.1, 0.15) is 0 Å². The summed E-state index contributed by atoms with van der Waals surface area (Å²) in [6, 6.07) is 29.2. The average Bonchev–Trinajstić information content (AvgIpc) is 3.71. The molecule has 0 amide bonds. The molecular formula is C47H54Br2Cl2Zr-2. The topological polar surface area (TPSA) is 0 Å². The third kappa shape index (κ3) is 12.0. The Hall–Kier alpha value is -1.48. The quantitative estimate of drug-likeness (QED) is 0.156. The van der Waals surface area contributed by atoms with Gasteiger partial charge in [0.05, 0.1) is 0 Å². The maximum atomic E-state index is 3.45. The molecule has 0 aromatic heterocycles. The summed E-state index contributed by atoms with van der Waals surface area (Å²) in [5, 5.41) is 5.65. The minimum Gasteiger partial charge on any atom is -1.00 e. The van der Waals surface area contributed by atoms with Gasteiger partial charge in [-0.1, -0.05) is 117 Å². The van der Waals surface area contributed by atoms with Crippen LogP contribution in [0.3, 0.4) is 0 Å². The molecule has 5 heteroatoms. The van der Waals surface area contributed by atoms with E-state index in [1.165, 1.54) is 82.4 Å². The van der Waals surface area contributed by atoms with Gasteiger partial charge in [-0.3, -0.25) is 6.08 Å². The summed E-state index contributed by atoms with van der Waals surface area (Å²) in [6.45, 7) is 28.0. The number of hydrogen-bond acceptors (Lipinski definition) is 0. The molecule has 0 aliphatic heterocycles. The molecule has 0 nitrogen and oxygen atoms in total. The van der Waals surface area contributed by atoms with Gasteiger partial charge in [0, 0.05) is 0 Å². The van der Waals surface area contributed by atoms with Gasteiger partial charge in [-0.2, -0.15) is 6.08 Å². The molecule has 0 saturated carbocycles. The van der Waals surface area contributed by atoms with Crippen LogP contribution in [0.2, 0.25) is 0 Å². The third-order valence-corrected chi connectivity index (χ3v) is 11.6. The van der Waals surface area contributed by atoms with E-state index >= 15 is 0 Å². The number of fused-ring (bicyclic) bond motifs is 3. The maximum Gasteiger partial charge on any atom is -0.0142 e. The fourth-order valence-electron chi connectivity index (χ4n) is 6.20.